The van der Waals surface area contributed by atoms with Crippen LogP contribution in [0.15, 0.2) is 77.4 Å². The Morgan fingerprint density at radius 1 is 0.968 bits per heavy atom. The highest BCUT2D eigenvalue weighted by atomic mass is 32.1. The summed E-state index contributed by atoms with van der Waals surface area (Å²) in [4.78, 5) is 24.4. The molecular formula is C25H19N3O2S. The zero-order valence-electron chi connectivity index (χ0n) is 17.0. The van der Waals surface area contributed by atoms with Gasteiger partial charge in [0, 0.05) is 11.1 Å². The van der Waals surface area contributed by atoms with Crippen molar-refractivity contribution in [1.82, 2.24) is 4.98 Å². The first kappa shape index (κ1) is 19.2. The molecule has 1 aliphatic rings. The van der Waals surface area contributed by atoms with Gasteiger partial charge >= 0.3 is 0 Å². The van der Waals surface area contributed by atoms with E-state index in [-0.39, 0.29) is 17.4 Å². The number of amidine groups is 1. The Balaban J connectivity index is 1.66. The topological polar surface area (TPSA) is 65.8 Å². The highest BCUT2D eigenvalue weighted by Gasteiger charge is 2.34. The van der Waals surface area contributed by atoms with Gasteiger partial charge in [0.15, 0.2) is 5.13 Å². The summed E-state index contributed by atoms with van der Waals surface area (Å²) in [6.45, 7) is 4.12. The number of nitrogens with zero attached hydrogens (tertiary/aromatic N) is 3. The van der Waals surface area contributed by atoms with Crippen LogP contribution in [-0.4, -0.2) is 21.8 Å². The van der Waals surface area contributed by atoms with E-state index >= 15 is 0 Å². The first-order valence-electron chi connectivity index (χ1n) is 9.87. The molecule has 6 heteroatoms. The summed E-state index contributed by atoms with van der Waals surface area (Å²) >= 11 is 1.47. The molecule has 0 radical (unpaired) electrons. The molecule has 0 saturated carbocycles. The summed E-state index contributed by atoms with van der Waals surface area (Å²) in [5.74, 6) is 0.359. The van der Waals surface area contributed by atoms with E-state index in [1.54, 1.807) is 29.2 Å². The third-order valence-corrected chi connectivity index (χ3v) is 6.31. The van der Waals surface area contributed by atoms with Gasteiger partial charge in [0.1, 0.15) is 17.3 Å². The third-order valence-electron chi connectivity index (χ3n) is 5.31. The number of aryl methyl sites for hydroxylation is 2. The Labute approximate surface area is 183 Å². The van der Waals surface area contributed by atoms with E-state index in [9.17, 15) is 9.90 Å². The second-order valence-electron chi connectivity index (χ2n) is 7.43. The number of benzene rings is 3. The highest BCUT2D eigenvalue weighted by Crippen LogP contribution is 2.35. The fourth-order valence-corrected chi connectivity index (χ4v) is 4.54. The van der Waals surface area contributed by atoms with Gasteiger partial charge in [-0.2, -0.15) is 0 Å². The maximum atomic E-state index is 13.4. The molecule has 1 amide bonds. The lowest BCUT2D eigenvalue weighted by Gasteiger charge is -2.14. The van der Waals surface area contributed by atoms with Gasteiger partial charge < -0.3 is 5.11 Å². The van der Waals surface area contributed by atoms with Gasteiger partial charge in [0.2, 0.25) is 0 Å². The first-order chi connectivity index (χ1) is 15.0. The molecule has 0 spiro atoms. The second kappa shape index (κ2) is 7.49. The van der Waals surface area contributed by atoms with E-state index in [2.05, 4.69) is 24.9 Å². The first-order valence-corrected chi connectivity index (χ1v) is 10.7. The number of fused-ring (bicyclic) bond motifs is 1. The number of thiazole rings is 1. The van der Waals surface area contributed by atoms with Crippen LogP contribution in [0.4, 0.5) is 5.13 Å². The number of phenols is 1. The Morgan fingerprint density at radius 2 is 1.68 bits per heavy atom. The molecule has 152 valence electrons. The third kappa shape index (κ3) is 3.41. The number of anilines is 1. The molecule has 0 fully saturated rings. The van der Waals surface area contributed by atoms with Gasteiger partial charge in [-0.25, -0.2) is 14.9 Å². The Bertz CT molecular complexity index is 1350. The van der Waals surface area contributed by atoms with Crippen molar-refractivity contribution in [3.63, 3.8) is 0 Å². The summed E-state index contributed by atoms with van der Waals surface area (Å²) in [5.41, 5.74) is 4.83. The number of aromatic hydroxyl groups is 1. The fourth-order valence-electron chi connectivity index (χ4n) is 3.50. The number of carbonyl (C=O) groups is 1. The van der Waals surface area contributed by atoms with Crippen molar-refractivity contribution in [3.8, 4) is 5.75 Å². The minimum atomic E-state index is -0.269. The number of aromatic nitrogens is 1. The molecule has 2 heterocycles. The molecule has 31 heavy (non-hydrogen) atoms. The Kier molecular flexibility index (Phi) is 4.64. The summed E-state index contributed by atoms with van der Waals surface area (Å²) < 4.78 is 1.02. The lowest BCUT2D eigenvalue weighted by Crippen LogP contribution is -2.32. The predicted octanol–water partition coefficient (Wildman–Crippen LogP) is 5.45. The fraction of sp³-hybridized carbons (Fsp3) is 0.0800. The normalized spacial score (nSPS) is 15.2. The monoisotopic (exact) mass is 425 g/mol. The van der Waals surface area contributed by atoms with E-state index in [1.165, 1.54) is 16.9 Å². The van der Waals surface area contributed by atoms with E-state index in [4.69, 9.17) is 4.98 Å². The molecule has 0 aliphatic carbocycles. The number of para-hydroxylation sites is 1. The average molecular weight is 426 g/mol. The number of hydrogen-bond donors (Lipinski definition) is 1. The van der Waals surface area contributed by atoms with E-state index < -0.39 is 0 Å². The lowest BCUT2D eigenvalue weighted by atomic mass is 10.1. The Hall–Kier alpha value is -3.77. The van der Waals surface area contributed by atoms with Gasteiger partial charge in [-0.3, -0.25) is 4.79 Å². The maximum absolute atomic E-state index is 13.4. The smallest absolute Gasteiger partial charge is 0.284 e. The average Bonchev–Trinajstić information content (AvgIpc) is 3.31. The number of phenolic OH excluding ortho intramolecular Hbond substituents is 1. The van der Waals surface area contributed by atoms with Crippen molar-refractivity contribution in [2.45, 2.75) is 13.8 Å². The van der Waals surface area contributed by atoms with E-state index in [0.29, 0.717) is 16.5 Å². The SMILES string of the molecule is Cc1cc2nc(N3C(=O)C(=Cc4ccccc4O)N=C3c3ccccc3)sc2cc1C. The molecule has 3 aromatic carbocycles. The standard InChI is InChI=1S/C25H19N3O2S/c1-15-12-19-22(13-16(15)2)31-25(27-19)28-23(17-8-4-3-5-9-17)26-20(24(28)30)14-18-10-6-7-11-21(18)29/h3-14,29H,1-2H3. The van der Waals surface area contributed by atoms with E-state index in [1.807, 2.05) is 42.5 Å². The second-order valence-corrected chi connectivity index (χ2v) is 8.44. The largest absolute Gasteiger partial charge is 0.507 e. The van der Waals surface area contributed by atoms with Crippen molar-refractivity contribution in [2.75, 3.05) is 4.90 Å². The molecular weight excluding hydrogens is 406 g/mol. The number of rotatable bonds is 3. The van der Waals surface area contributed by atoms with Crippen molar-refractivity contribution < 1.29 is 9.90 Å². The van der Waals surface area contributed by atoms with Crippen molar-refractivity contribution in [1.29, 1.82) is 0 Å². The number of amides is 1. The maximum Gasteiger partial charge on any atom is 0.284 e. The van der Waals surface area contributed by atoms with Crippen LogP contribution in [0, 0.1) is 13.8 Å². The molecule has 0 unspecified atom stereocenters. The summed E-state index contributed by atoms with van der Waals surface area (Å²) in [5, 5.41) is 10.7. The van der Waals surface area contributed by atoms with Gasteiger partial charge in [0.05, 0.1) is 10.2 Å². The predicted molar refractivity (Wildman–Crippen MR) is 126 cm³/mol. The van der Waals surface area contributed by atoms with Gasteiger partial charge in [-0.15, -0.1) is 0 Å². The zero-order valence-corrected chi connectivity index (χ0v) is 17.9. The minimum absolute atomic E-state index is 0.101. The quantitative estimate of drug-likeness (QED) is 0.444. The van der Waals surface area contributed by atoms with Gasteiger partial charge in [-0.05, 0) is 49.2 Å². The Morgan fingerprint density at radius 3 is 2.45 bits per heavy atom. The van der Waals surface area contributed by atoms with Crippen molar-refractivity contribution in [3.05, 3.63) is 94.7 Å². The van der Waals surface area contributed by atoms with Crippen LogP contribution in [0.2, 0.25) is 0 Å². The van der Waals surface area contributed by atoms with Crippen molar-refractivity contribution in [2.24, 2.45) is 4.99 Å². The summed E-state index contributed by atoms with van der Waals surface area (Å²) in [6, 6.07) is 20.6. The lowest BCUT2D eigenvalue weighted by molar-refractivity contribution is -0.113. The minimum Gasteiger partial charge on any atom is -0.507 e. The molecule has 0 saturated heterocycles. The van der Waals surface area contributed by atoms with Crippen LogP contribution < -0.4 is 4.90 Å². The van der Waals surface area contributed by atoms with Crippen LogP contribution in [-0.2, 0) is 4.79 Å². The summed E-state index contributed by atoms with van der Waals surface area (Å²) in [7, 11) is 0. The van der Waals surface area contributed by atoms with Crippen molar-refractivity contribution >= 4 is 44.5 Å². The molecule has 5 nitrogen and oxygen atoms in total. The highest BCUT2D eigenvalue weighted by molar-refractivity contribution is 7.22. The number of aliphatic imine (C=N–C) groups is 1. The van der Waals surface area contributed by atoms with Gasteiger partial charge in [-0.1, -0.05) is 59.9 Å². The van der Waals surface area contributed by atoms with Crippen LogP contribution in [0.1, 0.15) is 22.3 Å². The molecule has 0 atom stereocenters. The zero-order chi connectivity index (χ0) is 21.5. The molecule has 1 aromatic heterocycles. The molecule has 0 bridgehead atoms. The van der Waals surface area contributed by atoms with Crippen LogP contribution in [0.5, 0.6) is 5.75 Å². The number of hydrogen-bond acceptors (Lipinski definition) is 5. The van der Waals surface area contributed by atoms with Crippen LogP contribution >= 0.6 is 11.3 Å². The molecule has 1 N–H and O–H groups in total. The summed E-state index contributed by atoms with van der Waals surface area (Å²) in [6.07, 6.45) is 1.61. The molecule has 1 aliphatic heterocycles. The van der Waals surface area contributed by atoms with Gasteiger partial charge in [0.25, 0.3) is 5.91 Å². The van der Waals surface area contributed by atoms with Crippen LogP contribution in [0.3, 0.4) is 0 Å². The number of carbonyl (C=O) groups excluding carboxylic acids is 1. The molecule has 4 aromatic rings. The molecule has 5 rings (SSSR count). The van der Waals surface area contributed by atoms with Crippen LogP contribution in [0.25, 0.3) is 16.3 Å². The van der Waals surface area contributed by atoms with E-state index in [0.717, 1.165) is 21.3 Å².